The molecule has 0 heterocycles. The minimum absolute atomic E-state index is 0.00694. The highest BCUT2D eigenvalue weighted by Crippen LogP contribution is 2.29. The SMILES string of the molecule is O=C(I)CCc1ccc(C(F)(F)F)cc1. The summed E-state index contributed by atoms with van der Waals surface area (Å²) < 4.78 is 36.5. The van der Waals surface area contributed by atoms with Crippen LogP contribution in [0.15, 0.2) is 24.3 Å². The van der Waals surface area contributed by atoms with Gasteiger partial charge in [0.2, 0.25) is 0 Å². The van der Waals surface area contributed by atoms with Crippen LogP contribution < -0.4 is 0 Å². The minimum Gasteiger partial charge on any atom is -0.288 e. The lowest BCUT2D eigenvalue weighted by Gasteiger charge is -2.06. The largest absolute Gasteiger partial charge is 0.416 e. The first kappa shape index (κ1) is 12.5. The molecule has 0 radical (unpaired) electrons. The Hall–Kier alpha value is -0.590. The zero-order chi connectivity index (χ0) is 11.5. The van der Waals surface area contributed by atoms with Crippen LogP contribution in [0.4, 0.5) is 13.2 Å². The van der Waals surface area contributed by atoms with Crippen molar-refractivity contribution in [2.75, 3.05) is 0 Å². The Morgan fingerprint density at radius 2 is 1.73 bits per heavy atom. The average Bonchev–Trinajstić information content (AvgIpc) is 2.14. The molecule has 0 bridgehead atoms. The molecule has 0 N–H and O–H groups in total. The Morgan fingerprint density at radius 3 is 2.13 bits per heavy atom. The van der Waals surface area contributed by atoms with Crippen LogP contribution in [0.1, 0.15) is 17.5 Å². The summed E-state index contributed by atoms with van der Waals surface area (Å²) in [4.78, 5) is 10.6. The Labute approximate surface area is 98.8 Å². The highest BCUT2D eigenvalue weighted by molar-refractivity contribution is 14.1. The minimum atomic E-state index is -4.29. The van der Waals surface area contributed by atoms with E-state index in [1.54, 1.807) is 22.6 Å². The molecule has 0 aromatic heterocycles. The number of hydrogen-bond donors (Lipinski definition) is 0. The molecule has 0 atom stereocenters. The van der Waals surface area contributed by atoms with Crippen LogP contribution in [-0.4, -0.2) is 3.79 Å². The molecule has 0 aliphatic rings. The lowest BCUT2D eigenvalue weighted by Crippen LogP contribution is -2.04. The number of alkyl halides is 3. The third kappa shape index (κ3) is 4.19. The van der Waals surface area contributed by atoms with Crippen molar-refractivity contribution < 1.29 is 18.0 Å². The summed E-state index contributed by atoms with van der Waals surface area (Å²) in [6, 6.07) is 4.88. The maximum atomic E-state index is 12.2. The van der Waals surface area contributed by atoms with Crippen molar-refractivity contribution >= 4 is 26.4 Å². The van der Waals surface area contributed by atoms with E-state index in [0.717, 1.165) is 17.7 Å². The van der Waals surface area contributed by atoms with Crippen molar-refractivity contribution in [3.63, 3.8) is 0 Å². The van der Waals surface area contributed by atoms with Crippen molar-refractivity contribution in [2.24, 2.45) is 0 Å². The number of carbonyl (C=O) groups is 1. The molecule has 0 amide bonds. The van der Waals surface area contributed by atoms with Gasteiger partial charge in [-0.2, -0.15) is 13.2 Å². The van der Waals surface area contributed by atoms with Crippen molar-refractivity contribution in [2.45, 2.75) is 19.0 Å². The fourth-order valence-corrected chi connectivity index (χ4v) is 1.37. The van der Waals surface area contributed by atoms with E-state index in [0.29, 0.717) is 12.8 Å². The molecule has 0 fully saturated rings. The van der Waals surface area contributed by atoms with Crippen molar-refractivity contribution in [1.82, 2.24) is 0 Å². The standard InChI is InChI=1S/C10H8F3IO/c11-10(12,13)8-4-1-7(2-5-8)3-6-9(14)15/h1-2,4-5H,3,6H2. The Bertz CT molecular complexity index is 343. The fraction of sp³-hybridized carbons (Fsp3) is 0.300. The number of rotatable bonds is 3. The van der Waals surface area contributed by atoms with E-state index in [-0.39, 0.29) is 3.79 Å². The van der Waals surface area contributed by atoms with Gasteiger partial charge >= 0.3 is 6.18 Å². The predicted octanol–water partition coefficient (Wildman–Crippen LogP) is 3.60. The van der Waals surface area contributed by atoms with E-state index in [1.807, 2.05) is 0 Å². The van der Waals surface area contributed by atoms with Gasteiger partial charge in [0.1, 0.15) is 0 Å². The number of aryl methyl sites for hydroxylation is 1. The number of benzene rings is 1. The molecule has 1 nitrogen and oxygen atoms in total. The summed E-state index contributed by atoms with van der Waals surface area (Å²) in [5, 5.41) is 0. The topological polar surface area (TPSA) is 17.1 Å². The molecule has 15 heavy (non-hydrogen) atoms. The van der Waals surface area contributed by atoms with Crippen molar-refractivity contribution in [1.29, 1.82) is 0 Å². The summed E-state index contributed by atoms with van der Waals surface area (Å²) in [5.74, 6) is 0. The summed E-state index contributed by atoms with van der Waals surface area (Å²) in [6.45, 7) is 0. The van der Waals surface area contributed by atoms with Crippen LogP contribution in [0.3, 0.4) is 0 Å². The quantitative estimate of drug-likeness (QED) is 0.612. The summed E-state index contributed by atoms with van der Waals surface area (Å²) in [5.41, 5.74) is 0.0834. The van der Waals surface area contributed by atoms with Crippen LogP contribution in [0, 0.1) is 0 Å². The Morgan fingerprint density at radius 1 is 1.20 bits per heavy atom. The predicted molar refractivity (Wildman–Crippen MR) is 58.8 cm³/mol. The van der Waals surface area contributed by atoms with Crippen LogP contribution >= 0.6 is 22.6 Å². The van der Waals surface area contributed by atoms with Gasteiger partial charge in [-0.05, 0) is 46.7 Å². The van der Waals surface area contributed by atoms with Gasteiger partial charge in [-0.25, -0.2) is 0 Å². The van der Waals surface area contributed by atoms with E-state index >= 15 is 0 Å². The molecule has 1 aromatic carbocycles. The van der Waals surface area contributed by atoms with Crippen LogP contribution in [0.25, 0.3) is 0 Å². The van der Waals surface area contributed by atoms with Gasteiger partial charge in [0.25, 0.3) is 0 Å². The van der Waals surface area contributed by atoms with E-state index in [2.05, 4.69) is 0 Å². The zero-order valence-electron chi connectivity index (χ0n) is 7.64. The molecule has 5 heteroatoms. The van der Waals surface area contributed by atoms with Crippen molar-refractivity contribution in [3.8, 4) is 0 Å². The summed E-state index contributed by atoms with van der Waals surface area (Å²) in [6.07, 6.45) is -3.45. The van der Waals surface area contributed by atoms with Gasteiger partial charge in [-0.1, -0.05) is 12.1 Å². The molecule has 0 aliphatic carbocycles. The molecular weight excluding hydrogens is 320 g/mol. The van der Waals surface area contributed by atoms with Crippen molar-refractivity contribution in [3.05, 3.63) is 35.4 Å². The Balaban J connectivity index is 2.69. The van der Waals surface area contributed by atoms with E-state index in [9.17, 15) is 18.0 Å². The third-order valence-corrected chi connectivity index (χ3v) is 2.43. The first-order chi connectivity index (χ1) is 6.89. The number of hydrogen-bond acceptors (Lipinski definition) is 1. The maximum absolute atomic E-state index is 12.2. The molecule has 0 saturated carbocycles. The fourth-order valence-electron chi connectivity index (χ4n) is 1.10. The van der Waals surface area contributed by atoms with Gasteiger partial charge < -0.3 is 0 Å². The molecule has 0 saturated heterocycles. The second kappa shape index (κ2) is 4.96. The molecule has 1 rings (SSSR count). The lowest BCUT2D eigenvalue weighted by atomic mass is 10.1. The molecule has 0 spiro atoms. The van der Waals surface area contributed by atoms with Crippen LogP contribution in [0.5, 0.6) is 0 Å². The molecule has 82 valence electrons. The first-order valence-corrected chi connectivity index (χ1v) is 5.32. The second-order valence-electron chi connectivity index (χ2n) is 3.05. The molecular formula is C10H8F3IO. The third-order valence-electron chi connectivity index (χ3n) is 1.89. The maximum Gasteiger partial charge on any atom is 0.416 e. The van der Waals surface area contributed by atoms with E-state index in [4.69, 9.17) is 0 Å². The molecule has 1 aromatic rings. The van der Waals surface area contributed by atoms with Crippen LogP contribution in [-0.2, 0) is 17.4 Å². The summed E-state index contributed by atoms with van der Waals surface area (Å²) in [7, 11) is 0. The molecule has 0 aliphatic heterocycles. The van der Waals surface area contributed by atoms with Crippen LogP contribution in [0.2, 0.25) is 0 Å². The van der Waals surface area contributed by atoms with E-state index in [1.165, 1.54) is 12.1 Å². The Kier molecular flexibility index (Phi) is 4.12. The smallest absolute Gasteiger partial charge is 0.288 e. The summed E-state index contributed by atoms with van der Waals surface area (Å²) >= 11 is 1.67. The van der Waals surface area contributed by atoms with Gasteiger partial charge in [-0.15, -0.1) is 0 Å². The monoisotopic (exact) mass is 328 g/mol. The number of carbonyl (C=O) groups excluding carboxylic acids is 1. The number of halogens is 4. The normalized spacial score (nSPS) is 11.5. The highest BCUT2D eigenvalue weighted by Gasteiger charge is 2.29. The molecule has 0 unspecified atom stereocenters. The average molecular weight is 328 g/mol. The van der Waals surface area contributed by atoms with E-state index < -0.39 is 11.7 Å². The zero-order valence-corrected chi connectivity index (χ0v) is 9.80. The second-order valence-corrected chi connectivity index (χ2v) is 4.25. The van der Waals surface area contributed by atoms with Gasteiger partial charge in [0.05, 0.1) is 5.56 Å². The van der Waals surface area contributed by atoms with Gasteiger partial charge in [0, 0.05) is 6.42 Å². The highest BCUT2D eigenvalue weighted by atomic mass is 127. The van der Waals surface area contributed by atoms with Gasteiger partial charge in [0.15, 0.2) is 3.79 Å². The first-order valence-electron chi connectivity index (χ1n) is 4.24. The van der Waals surface area contributed by atoms with Gasteiger partial charge in [-0.3, -0.25) is 4.79 Å². The lowest BCUT2D eigenvalue weighted by molar-refractivity contribution is -0.137.